The second-order valence-electron chi connectivity index (χ2n) is 6.14. The van der Waals surface area contributed by atoms with Crippen LogP contribution >= 0.6 is 11.3 Å². The highest BCUT2D eigenvalue weighted by Gasteiger charge is 2.17. The molecule has 28 heavy (non-hydrogen) atoms. The molecule has 0 fully saturated rings. The van der Waals surface area contributed by atoms with E-state index in [0.717, 1.165) is 4.70 Å². The molecule has 0 aliphatic carbocycles. The van der Waals surface area contributed by atoms with Crippen molar-refractivity contribution in [3.8, 4) is 22.0 Å². The first-order chi connectivity index (χ1) is 13.5. The first-order valence-corrected chi connectivity index (χ1v) is 9.42. The van der Waals surface area contributed by atoms with Crippen molar-refractivity contribution in [1.82, 2.24) is 14.1 Å². The van der Waals surface area contributed by atoms with E-state index in [1.165, 1.54) is 50.8 Å². The summed E-state index contributed by atoms with van der Waals surface area (Å²) in [5.41, 5.74) is 1.48. The zero-order valence-electron chi connectivity index (χ0n) is 15.2. The number of hydrogen-bond acceptors (Lipinski definition) is 5. The van der Waals surface area contributed by atoms with Gasteiger partial charge in [0, 0.05) is 24.9 Å². The molecule has 3 heterocycles. The number of ether oxygens (including phenoxy) is 1. The monoisotopic (exact) mass is 397 g/mol. The van der Waals surface area contributed by atoms with Gasteiger partial charge in [-0.25, -0.2) is 4.39 Å². The van der Waals surface area contributed by atoms with E-state index in [-0.39, 0.29) is 11.1 Å². The molecule has 0 aliphatic rings. The summed E-state index contributed by atoms with van der Waals surface area (Å²) in [6, 6.07) is 10.4. The van der Waals surface area contributed by atoms with Gasteiger partial charge in [-0.1, -0.05) is 11.3 Å². The number of hydrogen-bond donors (Lipinski definition) is 0. The van der Waals surface area contributed by atoms with Crippen LogP contribution in [0.25, 0.3) is 27.2 Å². The van der Waals surface area contributed by atoms with E-state index in [2.05, 4.69) is 4.98 Å². The SMILES string of the molecule is CCOc1nc2c(cc(-c3ccc(=O)n(C)c3)c(=O)n2-c2ccc(F)cc2)s1. The van der Waals surface area contributed by atoms with Crippen molar-refractivity contribution in [1.29, 1.82) is 0 Å². The number of nitrogens with zero attached hydrogens (tertiary/aromatic N) is 3. The molecule has 0 N–H and O–H groups in total. The molecule has 0 radical (unpaired) electrons. The van der Waals surface area contributed by atoms with E-state index in [0.29, 0.717) is 34.3 Å². The summed E-state index contributed by atoms with van der Waals surface area (Å²) in [7, 11) is 1.63. The predicted octanol–water partition coefficient (Wildman–Crippen LogP) is 3.35. The van der Waals surface area contributed by atoms with Crippen molar-refractivity contribution >= 4 is 21.7 Å². The van der Waals surface area contributed by atoms with Gasteiger partial charge >= 0.3 is 0 Å². The van der Waals surface area contributed by atoms with Crippen molar-refractivity contribution in [2.45, 2.75) is 6.92 Å². The summed E-state index contributed by atoms with van der Waals surface area (Å²) in [6.07, 6.45) is 1.62. The molecule has 0 unspecified atom stereocenters. The minimum absolute atomic E-state index is 0.167. The number of aryl methyl sites for hydroxylation is 1. The predicted molar refractivity (Wildman–Crippen MR) is 107 cm³/mol. The van der Waals surface area contributed by atoms with Gasteiger partial charge in [0.2, 0.25) is 5.56 Å². The lowest BCUT2D eigenvalue weighted by molar-refractivity contribution is 0.339. The lowest BCUT2D eigenvalue weighted by atomic mass is 10.1. The topological polar surface area (TPSA) is 66.1 Å². The normalized spacial score (nSPS) is 11.1. The summed E-state index contributed by atoms with van der Waals surface area (Å²) < 4.78 is 22.5. The second-order valence-corrected chi connectivity index (χ2v) is 7.14. The van der Waals surface area contributed by atoms with E-state index in [1.807, 2.05) is 6.92 Å². The molecule has 0 saturated heterocycles. The fourth-order valence-corrected chi connectivity index (χ4v) is 3.84. The lowest BCUT2D eigenvalue weighted by Crippen LogP contribution is -2.22. The molecule has 4 rings (SSSR count). The Morgan fingerprint density at radius 2 is 1.89 bits per heavy atom. The average molecular weight is 397 g/mol. The van der Waals surface area contributed by atoms with Crippen LogP contribution in [0.1, 0.15) is 6.92 Å². The summed E-state index contributed by atoms with van der Waals surface area (Å²) >= 11 is 1.32. The quantitative estimate of drug-likeness (QED) is 0.530. The first kappa shape index (κ1) is 18.1. The molecule has 142 valence electrons. The van der Waals surface area contributed by atoms with Crippen LogP contribution in [0.5, 0.6) is 5.19 Å². The molecular formula is C20H16FN3O3S. The first-order valence-electron chi connectivity index (χ1n) is 8.60. The highest BCUT2D eigenvalue weighted by Crippen LogP contribution is 2.31. The summed E-state index contributed by atoms with van der Waals surface area (Å²) in [5, 5.41) is 0.449. The Labute approximate surface area is 163 Å². The highest BCUT2D eigenvalue weighted by atomic mass is 32.1. The standard InChI is InChI=1S/C20H16FN3O3S/c1-3-27-20-22-18-16(28-20)10-15(12-4-9-17(25)23(2)11-12)19(26)24(18)14-7-5-13(21)6-8-14/h4-11H,3H2,1-2H3. The van der Waals surface area contributed by atoms with Crippen LogP contribution in [0.3, 0.4) is 0 Å². The fourth-order valence-electron chi connectivity index (χ4n) is 2.94. The van der Waals surface area contributed by atoms with Crippen LogP contribution in [0, 0.1) is 5.82 Å². The van der Waals surface area contributed by atoms with E-state index in [1.54, 1.807) is 25.4 Å². The van der Waals surface area contributed by atoms with Gasteiger partial charge in [0.25, 0.3) is 10.8 Å². The Bertz CT molecular complexity index is 1290. The fraction of sp³-hybridized carbons (Fsp3) is 0.150. The maximum absolute atomic E-state index is 13.4. The number of thiazole rings is 1. The Morgan fingerprint density at radius 1 is 1.14 bits per heavy atom. The maximum atomic E-state index is 13.4. The van der Waals surface area contributed by atoms with Crippen LogP contribution in [0.4, 0.5) is 4.39 Å². The molecular weight excluding hydrogens is 381 g/mol. The zero-order chi connectivity index (χ0) is 19.8. The third-order valence-corrected chi connectivity index (χ3v) is 5.19. The minimum atomic E-state index is -0.393. The Kier molecular flexibility index (Phi) is 4.56. The van der Waals surface area contributed by atoms with Gasteiger partial charge in [-0.05, 0) is 43.3 Å². The molecule has 0 atom stereocenters. The highest BCUT2D eigenvalue weighted by molar-refractivity contribution is 7.20. The van der Waals surface area contributed by atoms with Gasteiger partial charge in [-0.15, -0.1) is 0 Å². The van der Waals surface area contributed by atoms with Gasteiger partial charge in [-0.2, -0.15) is 4.98 Å². The number of rotatable bonds is 4. The molecule has 0 amide bonds. The minimum Gasteiger partial charge on any atom is -0.470 e. The maximum Gasteiger partial charge on any atom is 0.275 e. The number of benzene rings is 1. The van der Waals surface area contributed by atoms with Crippen LogP contribution in [-0.4, -0.2) is 20.7 Å². The third-order valence-electron chi connectivity index (χ3n) is 4.29. The molecule has 0 spiro atoms. The van der Waals surface area contributed by atoms with Crippen molar-refractivity contribution in [3.63, 3.8) is 0 Å². The van der Waals surface area contributed by atoms with Crippen LogP contribution in [0.15, 0.2) is 58.3 Å². The van der Waals surface area contributed by atoms with Crippen molar-refractivity contribution in [2.75, 3.05) is 6.61 Å². The molecule has 6 nitrogen and oxygen atoms in total. The zero-order valence-corrected chi connectivity index (χ0v) is 16.0. The molecule has 1 aromatic carbocycles. The van der Waals surface area contributed by atoms with Crippen molar-refractivity contribution in [3.05, 3.63) is 75.2 Å². The number of aromatic nitrogens is 3. The average Bonchev–Trinajstić information content (AvgIpc) is 3.07. The van der Waals surface area contributed by atoms with E-state index in [9.17, 15) is 14.0 Å². The number of pyridine rings is 2. The summed E-state index contributed by atoms with van der Waals surface area (Å²) in [4.78, 5) is 29.5. The van der Waals surface area contributed by atoms with Crippen molar-refractivity contribution < 1.29 is 9.13 Å². The molecule has 0 saturated carbocycles. The van der Waals surface area contributed by atoms with E-state index < -0.39 is 5.82 Å². The van der Waals surface area contributed by atoms with E-state index in [4.69, 9.17) is 4.74 Å². The van der Waals surface area contributed by atoms with Gasteiger partial charge < -0.3 is 9.30 Å². The molecule has 3 aromatic heterocycles. The van der Waals surface area contributed by atoms with Crippen LogP contribution < -0.4 is 15.9 Å². The van der Waals surface area contributed by atoms with Crippen LogP contribution in [0.2, 0.25) is 0 Å². The summed E-state index contributed by atoms with van der Waals surface area (Å²) in [6.45, 7) is 2.31. The Balaban J connectivity index is 2.05. The van der Waals surface area contributed by atoms with Crippen molar-refractivity contribution in [2.24, 2.45) is 7.05 Å². The number of fused-ring (bicyclic) bond motifs is 1. The Morgan fingerprint density at radius 3 is 2.57 bits per heavy atom. The molecule has 4 aromatic rings. The third kappa shape index (κ3) is 3.11. The summed E-state index contributed by atoms with van der Waals surface area (Å²) in [5.74, 6) is -0.393. The van der Waals surface area contributed by atoms with Gasteiger partial charge in [0.15, 0.2) is 5.65 Å². The van der Waals surface area contributed by atoms with Gasteiger partial charge in [0.05, 0.1) is 22.6 Å². The second kappa shape index (κ2) is 7.05. The van der Waals surface area contributed by atoms with Crippen LogP contribution in [-0.2, 0) is 7.05 Å². The lowest BCUT2D eigenvalue weighted by Gasteiger charge is -2.10. The van der Waals surface area contributed by atoms with Gasteiger partial charge in [-0.3, -0.25) is 14.2 Å². The Hall–Kier alpha value is -3.26. The van der Waals surface area contributed by atoms with Gasteiger partial charge in [0.1, 0.15) is 5.82 Å². The molecule has 0 bridgehead atoms. The number of halogens is 1. The molecule has 8 heteroatoms. The smallest absolute Gasteiger partial charge is 0.275 e. The largest absolute Gasteiger partial charge is 0.470 e. The molecule has 0 aliphatic heterocycles. The van der Waals surface area contributed by atoms with E-state index >= 15 is 0 Å².